The lowest BCUT2D eigenvalue weighted by atomic mass is 9.91. The van der Waals surface area contributed by atoms with Crippen molar-refractivity contribution in [1.29, 1.82) is 0 Å². The van der Waals surface area contributed by atoms with E-state index in [1.54, 1.807) is 18.2 Å². The summed E-state index contributed by atoms with van der Waals surface area (Å²) in [6.07, 6.45) is 3.83. The summed E-state index contributed by atoms with van der Waals surface area (Å²) in [4.78, 5) is 2.14. The number of nitrogens with zero attached hydrogens (tertiary/aromatic N) is 1. The summed E-state index contributed by atoms with van der Waals surface area (Å²) >= 11 is 12.1. The van der Waals surface area contributed by atoms with Crippen molar-refractivity contribution in [2.45, 2.75) is 50.4 Å². The molecule has 1 aromatic rings. The smallest absolute Gasteiger partial charge is 0.0817 e. The van der Waals surface area contributed by atoms with Crippen LogP contribution in [0.3, 0.4) is 0 Å². The van der Waals surface area contributed by atoms with Gasteiger partial charge in [0.2, 0.25) is 0 Å². The molecule has 0 aromatic heterocycles. The molecule has 1 saturated carbocycles. The van der Waals surface area contributed by atoms with Gasteiger partial charge in [0.1, 0.15) is 0 Å². The average Bonchev–Trinajstić information content (AvgIpc) is 2.47. The van der Waals surface area contributed by atoms with Gasteiger partial charge in [-0.15, -0.1) is 0 Å². The second-order valence-electron chi connectivity index (χ2n) is 5.85. The summed E-state index contributed by atoms with van der Waals surface area (Å²) in [6.45, 7) is 0.714. The third kappa shape index (κ3) is 4.33. The van der Waals surface area contributed by atoms with Gasteiger partial charge >= 0.3 is 0 Å². The van der Waals surface area contributed by atoms with Crippen molar-refractivity contribution in [1.82, 2.24) is 4.90 Å². The predicted molar refractivity (Wildman–Crippen MR) is 86.9 cm³/mol. The van der Waals surface area contributed by atoms with E-state index in [4.69, 9.17) is 23.2 Å². The van der Waals surface area contributed by atoms with Crippen molar-refractivity contribution in [2.75, 3.05) is 13.6 Å². The maximum Gasteiger partial charge on any atom is 0.0817 e. The van der Waals surface area contributed by atoms with E-state index in [0.717, 1.165) is 25.7 Å². The van der Waals surface area contributed by atoms with Crippen LogP contribution in [0.25, 0.3) is 0 Å². The Bertz CT molecular complexity index is 470. The first-order valence-electron chi connectivity index (χ1n) is 7.51. The number of likely N-dealkylation sites (N-methyl/N-ethyl adjacent to an activating group) is 1. The molecule has 0 bridgehead atoms. The molecule has 0 aliphatic heterocycles. The van der Waals surface area contributed by atoms with E-state index in [1.165, 1.54) is 0 Å². The van der Waals surface area contributed by atoms with Crippen LogP contribution in [-0.4, -0.2) is 40.9 Å². The van der Waals surface area contributed by atoms with E-state index < -0.39 is 6.10 Å². The highest BCUT2D eigenvalue weighted by molar-refractivity contribution is 6.42. The van der Waals surface area contributed by atoms with Crippen molar-refractivity contribution in [2.24, 2.45) is 0 Å². The Hall–Kier alpha value is -0.320. The van der Waals surface area contributed by atoms with E-state index in [-0.39, 0.29) is 12.1 Å². The Morgan fingerprint density at radius 3 is 2.71 bits per heavy atom. The minimum Gasteiger partial charge on any atom is -0.391 e. The fourth-order valence-corrected chi connectivity index (χ4v) is 3.46. The molecule has 0 saturated heterocycles. The molecule has 0 radical (unpaired) electrons. The van der Waals surface area contributed by atoms with Crippen LogP contribution in [0, 0.1) is 0 Å². The van der Waals surface area contributed by atoms with Crippen molar-refractivity contribution in [3.05, 3.63) is 33.8 Å². The Kier molecular flexibility index (Phi) is 6.33. The number of rotatable bonds is 5. The first-order chi connectivity index (χ1) is 10.0. The monoisotopic (exact) mass is 331 g/mol. The Balaban J connectivity index is 1.91. The van der Waals surface area contributed by atoms with E-state index in [9.17, 15) is 10.2 Å². The summed E-state index contributed by atoms with van der Waals surface area (Å²) in [5.41, 5.74) is 0.668. The Morgan fingerprint density at radius 1 is 1.29 bits per heavy atom. The molecule has 3 nitrogen and oxygen atoms in total. The third-order valence-electron chi connectivity index (χ3n) is 4.36. The largest absolute Gasteiger partial charge is 0.391 e. The highest BCUT2D eigenvalue weighted by Crippen LogP contribution is 2.31. The normalized spacial score (nSPS) is 24.3. The zero-order chi connectivity index (χ0) is 15.4. The second kappa shape index (κ2) is 7.80. The summed E-state index contributed by atoms with van der Waals surface area (Å²) in [5, 5.41) is 21.3. The van der Waals surface area contributed by atoms with Crippen LogP contribution in [0.5, 0.6) is 0 Å². The van der Waals surface area contributed by atoms with Gasteiger partial charge in [-0.2, -0.15) is 0 Å². The van der Waals surface area contributed by atoms with Gasteiger partial charge in [-0.3, -0.25) is 0 Å². The fraction of sp³-hybridized carbons (Fsp3) is 0.625. The molecule has 0 amide bonds. The van der Waals surface area contributed by atoms with Gasteiger partial charge in [0.15, 0.2) is 0 Å². The van der Waals surface area contributed by atoms with Crippen molar-refractivity contribution in [3.8, 4) is 0 Å². The van der Waals surface area contributed by atoms with E-state index in [2.05, 4.69) is 4.90 Å². The van der Waals surface area contributed by atoms with Crippen LogP contribution < -0.4 is 0 Å². The molecule has 1 aliphatic rings. The molecule has 5 heteroatoms. The van der Waals surface area contributed by atoms with Gasteiger partial charge in [-0.25, -0.2) is 0 Å². The molecule has 0 heterocycles. The van der Waals surface area contributed by atoms with Gasteiger partial charge < -0.3 is 15.1 Å². The molecule has 1 aliphatic carbocycles. The molecule has 118 valence electrons. The summed E-state index contributed by atoms with van der Waals surface area (Å²) in [6, 6.07) is 5.50. The van der Waals surface area contributed by atoms with Crippen LogP contribution >= 0.6 is 23.2 Å². The minimum atomic E-state index is -0.639. The molecular formula is C16H23Cl2NO2. The molecule has 0 spiro atoms. The van der Waals surface area contributed by atoms with E-state index in [1.807, 2.05) is 7.05 Å². The first kappa shape index (κ1) is 17.0. The number of hydrogen-bond donors (Lipinski definition) is 2. The van der Waals surface area contributed by atoms with Gasteiger partial charge in [0.05, 0.1) is 22.3 Å². The van der Waals surface area contributed by atoms with Crippen LogP contribution in [-0.2, 0) is 0 Å². The molecule has 2 N–H and O–H groups in total. The maximum absolute atomic E-state index is 10.3. The third-order valence-corrected chi connectivity index (χ3v) is 5.19. The van der Waals surface area contributed by atoms with Gasteiger partial charge in [0, 0.05) is 18.2 Å². The second-order valence-corrected chi connectivity index (χ2v) is 6.63. The van der Waals surface area contributed by atoms with Gasteiger partial charge in [-0.05, 0) is 32.4 Å². The van der Waals surface area contributed by atoms with Crippen molar-refractivity contribution < 1.29 is 10.2 Å². The number of benzene rings is 1. The zero-order valence-corrected chi connectivity index (χ0v) is 13.8. The Labute approximate surface area is 136 Å². The van der Waals surface area contributed by atoms with Crippen LogP contribution in [0.15, 0.2) is 18.2 Å². The van der Waals surface area contributed by atoms with E-state index in [0.29, 0.717) is 28.6 Å². The molecule has 3 atom stereocenters. The lowest BCUT2D eigenvalue weighted by Crippen LogP contribution is -2.43. The van der Waals surface area contributed by atoms with Gasteiger partial charge in [0.25, 0.3) is 0 Å². The quantitative estimate of drug-likeness (QED) is 0.865. The predicted octanol–water partition coefficient (Wildman–Crippen LogP) is 3.65. The molecule has 3 unspecified atom stereocenters. The zero-order valence-electron chi connectivity index (χ0n) is 12.3. The first-order valence-corrected chi connectivity index (χ1v) is 8.26. The average molecular weight is 332 g/mol. The van der Waals surface area contributed by atoms with E-state index >= 15 is 0 Å². The molecular weight excluding hydrogens is 309 g/mol. The number of halogens is 2. The highest BCUT2D eigenvalue weighted by atomic mass is 35.5. The maximum atomic E-state index is 10.3. The van der Waals surface area contributed by atoms with Crippen LogP contribution in [0.4, 0.5) is 0 Å². The fourth-order valence-electron chi connectivity index (χ4n) is 3.03. The summed E-state index contributed by atoms with van der Waals surface area (Å²) < 4.78 is 0. The SMILES string of the molecule is CN(CCC(O)c1cccc(Cl)c1Cl)C1CCCCC1O. The standard InChI is InChI=1S/C16H23Cl2NO2/c1-19(13-7-2-3-8-15(13)21)10-9-14(20)11-5-4-6-12(17)16(11)18/h4-6,13-15,20-21H,2-3,7-10H2,1H3. The molecule has 21 heavy (non-hydrogen) atoms. The lowest BCUT2D eigenvalue weighted by molar-refractivity contribution is 0.0253. The molecule has 1 aromatic carbocycles. The topological polar surface area (TPSA) is 43.7 Å². The lowest BCUT2D eigenvalue weighted by Gasteiger charge is -2.35. The summed E-state index contributed by atoms with van der Waals surface area (Å²) in [7, 11) is 2.01. The van der Waals surface area contributed by atoms with Crippen LogP contribution in [0.1, 0.15) is 43.8 Å². The molecule has 1 fully saturated rings. The summed E-state index contributed by atoms with van der Waals surface area (Å²) in [5.74, 6) is 0. The highest BCUT2D eigenvalue weighted by Gasteiger charge is 2.26. The van der Waals surface area contributed by atoms with Gasteiger partial charge in [-0.1, -0.05) is 48.2 Å². The number of aliphatic hydroxyl groups excluding tert-OH is 2. The minimum absolute atomic E-state index is 0.195. The molecule has 2 rings (SSSR count). The van der Waals surface area contributed by atoms with Crippen molar-refractivity contribution >= 4 is 23.2 Å². The number of aliphatic hydroxyl groups is 2. The number of hydrogen-bond acceptors (Lipinski definition) is 3. The van der Waals surface area contributed by atoms with Crippen molar-refractivity contribution in [3.63, 3.8) is 0 Å². The van der Waals surface area contributed by atoms with Crippen LogP contribution in [0.2, 0.25) is 10.0 Å². The Morgan fingerprint density at radius 2 is 2.00 bits per heavy atom.